The van der Waals surface area contributed by atoms with E-state index in [1.807, 2.05) is 24.4 Å². The Morgan fingerprint density at radius 2 is 2.24 bits per heavy atom. The maximum absolute atomic E-state index is 11.9. The second-order valence-electron chi connectivity index (χ2n) is 3.50. The van der Waals surface area contributed by atoms with Crippen LogP contribution in [0.25, 0.3) is 0 Å². The van der Waals surface area contributed by atoms with Crippen LogP contribution >= 0.6 is 11.3 Å². The number of nitrogens with one attached hydrogen (secondary N) is 1. The maximum atomic E-state index is 11.9. The van der Waals surface area contributed by atoms with Gasteiger partial charge in [-0.25, -0.2) is 9.97 Å². The van der Waals surface area contributed by atoms with Crippen LogP contribution in [0, 0.1) is 0 Å². The molecule has 1 amide bonds. The molecule has 0 fully saturated rings. The Morgan fingerprint density at radius 1 is 1.47 bits per heavy atom. The number of thiophene rings is 1. The number of anilines is 1. The summed E-state index contributed by atoms with van der Waals surface area (Å²) < 4.78 is 0. The maximum Gasteiger partial charge on any atom is 0.274 e. The lowest BCUT2D eigenvalue weighted by Gasteiger charge is -2.12. The zero-order chi connectivity index (χ0) is 12.3. The summed E-state index contributed by atoms with van der Waals surface area (Å²) in [6, 6.07) is 3.85. The van der Waals surface area contributed by atoms with Gasteiger partial charge in [0.05, 0.1) is 6.04 Å². The average molecular weight is 248 g/mol. The summed E-state index contributed by atoms with van der Waals surface area (Å²) in [5, 5.41) is 4.80. The number of nitrogen functional groups attached to an aromatic ring is 1. The molecule has 0 radical (unpaired) electrons. The molecule has 0 aliphatic carbocycles. The minimum atomic E-state index is -0.309. The highest BCUT2D eigenvalue weighted by atomic mass is 32.1. The average Bonchev–Trinajstić information content (AvgIpc) is 2.82. The SMILES string of the molecule is C[C@H](NC(=O)c1nccnc1N)c1cccs1. The molecule has 2 aromatic heterocycles. The van der Waals surface area contributed by atoms with Crippen molar-refractivity contribution in [3.63, 3.8) is 0 Å². The van der Waals surface area contributed by atoms with Crippen molar-refractivity contribution in [1.82, 2.24) is 15.3 Å². The van der Waals surface area contributed by atoms with Gasteiger partial charge in [0.1, 0.15) is 0 Å². The lowest BCUT2D eigenvalue weighted by Crippen LogP contribution is -2.28. The molecule has 0 unspecified atom stereocenters. The molecule has 0 aliphatic heterocycles. The molecule has 5 nitrogen and oxygen atoms in total. The van der Waals surface area contributed by atoms with E-state index in [2.05, 4.69) is 15.3 Å². The molecule has 0 bridgehead atoms. The van der Waals surface area contributed by atoms with Crippen molar-refractivity contribution in [2.45, 2.75) is 13.0 Å². The number of nitrogens with zero attached hydrogens (tertiary/aromatic N) is 2. The Balaban J connectivity index is 2.10. The number of nitrogens with two attached hydrogens (primary N) is 1. The van der Waals surface area contributed by atoms with Gasteiger partial charge >= 0.3 is 0 Å². The summed E-state index contributed by atoms with van der Waals surface area (Å²) in [6.45, 7) is 1.91. The second-order valence-corrected chi connectivity index (χ2v) is 4.48. The van der Waals surface area contributed by atoms with Gasteiger partial charge in [0, 0.05) is 17.3 Å². The molecular formula is C11H12N4OS. The predicted octanol–water partition coefficient (Wildman–Crippen LogP) is 1.61. The number of hydrogen-bond donors (Lipinski definition) is 2. The zero-order valence-corrected chi connectivity index (χ0v) is 10.1. The Labute approximate surface area is 103 Å². The lowest BCUT2D eigenvalue weighted by atomic mass is 10.2. The molecule has 1 atom stereocenters. The minimum Gasteiger partial charge on any atom is -0.382 e. The van der Waals surface area contributed by atoms with Crippen molar-refractivity contribution in [3.05, 3.63) is 40.5 Å². The Bertz CT molecular complexity index is 512. The van der Waals surface area contributed by atoms with Crippen molar-refractivity contribution in [1.29, 1.82) is 0 Å². The number of aromatic nitrogens is 2. The van der Waals surface area contributed by atoms with Gasteiger partial charge in [-0.2, -0.15) is 0 Å². The monoisotopic (exact) mass is 248 g/mol. The van der Waals surface area contributed by atoms with Crippen LogP contribution in [0.5, 0.6) is 0 Å². The van der Waals surface area contributed by atoms with E-state index in [9.17, 15) is 4.79 Å². The molecule has 2 aromatic rings. The van der Waals surface area contributed by atoms with Crippen molar-refractivity contribution in [2.75, 3.05) is 5.73 Å². The van der Waals surface area contributed by atoms with Crippen LogP contribution in [0.15, 0.2) is 29.9 Å². The molecule has 3 N–H and O–H groups in total. The molecule has 0 aliphatic rings. The highest BCUT2D eigenvalue weighted by Crippen LogP contribution is 2.18. The van der Waals surface area contributed by atoms with E-state index in [0.717, 1.165) is 4.88 Å². The highest BCUT2D eigenvalue weighted by Gasteiger charge is 2.15. The van der Waals surface area contributed by atoms with Gasteiger partial charge < -0.3 is 11.1 Å². The third kappa shape index (κ3) is 2.59. The molecule has 88 valence electrons. The minimum absolute atomic E-state index is 0.0658. The fourth-order valence-corrected chi connectivity index (χ4v) is 2.13. The molecule has 0 aromatic carbocycles. The molecule has 0 saturated heterocycles. The first-order valence-corrected chi connectivity index (χ1v) is 5.97. The summed E-state index contributed by atoms with van der Waals surface area (Å²) in [6.07, 6.45) is 2.90. The van der Waals surface area contributed by atoms with Crippen molar-refractivity contribution >= 4 is 23.1 Å². The molecule has 17 heavy (non-hydrogen) atoms. The van der Waals surface area contributed by atoms with Gasteiger partial charge in [0.2, 0.25) is 0 Å². The fourth-order valence-electron chi connectivity index (χ4n) is 1.40. The largest absolute Gasteiger partial charge is 0.382 e. The quantitative estimate of drug-likeness (QED) is 0.864. The highest BCUT2D eigenvalue weighted by molar-refractivity contribution is 7.10. The molecule has 0 saturated carbocycles. The molecule has 2 rings (SSSR count). The molecular weight excluding hydrogens is 236 g/mol. The zero-order valence-electron chi connectivity index (χ0n) is 9.25. The van der Waals surface area contributed by atoms with Crippen LogP contribution in [0.2, 0.25) is 0 Å². The van der Waals surface area contributed by atoms with Crippen LogP contribution in [0.3, 0.4) is 0 Å². The Morgan fingerprint density at radius 3 is 2.88 bits per heavy atom. The summed E-state index contributed by atoms with van der Waals surface area (Å²) in [5.74, 6) is -0.167. The van der Waals surface area contributed by atoms with E-state index >= 15 is 0 Å². The molecule has 6 heteroatoms. The van der Waals surface area contributed by atoms with Gasteiger partial charge in [-0.3, -0.25) is 4.79 Å². The Hall–Kier alpha value is -1.95. The van der Waals surface area contributed by atoms with Crippen LogP contribution in [-0.4, -0.2) is 15.9 Å². The van der Waals surface area contributed by atoms with Crippen LogP contribution in [0.4, 0.5) is 5.82 Å². The predicted molar refractivity (Wildman–Crippen MR) is 66.6 cm³/mol. The topological polar surface area (TPSA) is 80.9 Å². The summed E-state index contributed by atoms with van der Waals surface area (Å²) in [5.41, 5.74) is 5.75. The summed E-state index contributed by atoms with van der Waals surface area (Å²) in [4.78, 5) is 20.7. The first kappa shape index (κ1) is 11.5. The van der Waals surface area contributed by atoms with Crippen molar-refractivity contribution in [3.8, 4) is 0 Å². The van der Waals surface area contributed by atoms with Crippen molar-refractivity contribution < 1.29 is 4.79 Å². The number of rotatable bonds is 3. The fraction of sp³-hybridized carbons (Fsp3) is 0.182. The Kier molecular flexibility index (Phi) is 3.34. The normalized spacial score (nSPS) is 12.1. The molecule has 0 spiro atoms. The summed E-state index contributed by atoms with van der Waals surface area (Å²) >= 11 is 1.59. The second kappa shape index (κ2) is 4.92. The number of hydrogen-bond acceptors (Lipinski definition) is 5. The molecule has 2 heterocycles. The first-order chi connectivity index (χ1) is 8.18. The van der Waals surface area contributed by atoms with E-state index < -0.39 is 0 Å². The van der Waals surface area contributed by atoms with E-state index in [4.69, 9.17) is 5.73 Å². The van der Waals surface area contributed by atoms with E-state index in [1.54, 1.807) is 11.3 Å². The lowest BCUT2D eigenvalue weighted by molar-refractivity contribution is 0.0936. The third-order valence-electron chi connectivity index (χ3n) is 2.26. The van der Waals surface area contributed by atoms with Gasteiger partial charge in [-0.15, -0.1) is 11.3 Å². The van der Waals surface area contributed by atoms with Gasteiger partial charge in [-0.05, 0) is 18.4 Å². The van der Waals surface area contributed by atoms with Gasteiger partial charge in [0.25, 0.3) is 5.91 Å². The van der Waals surface area contributed by atoms with Crippen molar-refractivity contribution in [2.24, 2.45) is 0 Å². The first-order valence-electron chi connectivity index (χ1n) is 5.09. The van der Waals surface area contributed by atoms with Crippen LogP contribution in [-0.2, 0) is 0 Å². The van der Waals surface area contributed by atoms with E-state index in [-0.39, 0.29) is 23.5 Å². The summed E-state index contributed by atoms with van der Waals surface area (Å²) in [7, 11) is 0. The van der Waals surface area contributed by atoms with Gasteiger partial charge in [-0.1, -0.05) is 6.07 Å². The standard InChI is InChI=1S/C11H12N4OS/c1-7(8-3-2-6-17-8)15-11(16)9-10(12)14-5-4-13-9/h2-7H,1H3,(H2,12,14)(H,15,16)/t7-/m0/s1. The number of carbonyl (C=O) groups excluding carboxylic acids is 1. The van der Waals surface area contributed by atoms with Gasteiger partial charge in [0.15, 0.2) is 11.5 Å². The smallest absolute Gasteiger partial charge is 0.274 e. The van der Waals surface area contributed by atoms with Crippen LogP contribution in [0.1, 0.15) is 28.3 Å². The van der Waals surface area contributed by atoms with Crippen LogP contribution < -0.4 is 11.1 Å². The van der Waals surface area contributed by atoms with E-state index in [0.29, 0.717) is 0 Å². The number of amides is 1. The third-order valence-corrected chi connectivity index (χ3v) is 3.31. The number of carbonyl (C=O) groups is 1. The van der Waals surface area contributed by atoms with E-state index in [1.165, 1.54) is 12.4 Å².